The van der Waals surface area contributed by atoms with Gasteiger partial charge in [0.1, 0.15) is 11.2 Å². The van der Waals surface area contributed by atoms with E-state index in [-0.39, 0.29) is 4.90 Å². The molecular formula is C13H8Cl2O3S. The molecule has 0 amide bonds. The van der Waals surface area contributed by atoms with E-state index in [4.69, 9.17) is 27.6 Å². The van der Waals surface area contributed by atoms with E-state index in [9.17, 15) is 8.42 Å². The average molecular weight is 315 g/mol. The molecule has 0 atom stereocenters. The molecule has 19 heavy (non-hydrogen) atoms. The second-order valence-electron chi connectivity index (χ2n) is 4.29. The van der Waals surface area contributed by atoms with Crippen LogP contribution in [0.1, 0.15) is 0 Å². The van der Waals surface area contributed by atoms with Crippen LogP contribution < -0.4 is 0 Å². The summed E-state index contributed by atoms with van der Waals surface area (Å²) in [7, 11) is -3.27. The van der Waals surface area contributed by atoms with Crippen LogP contribution in [0.4, 0.5) is 0 Å². The Morgan fingerprint density at radius 2 is 1.79 bits per heavy atom. The lowest BCUT2D eigenvalue weighted by molar-refractivity contribution is 0.602. The van der Waals surface area contributed by atoms with E-state index in [1.807, 2.05) is 0 Å². The molecule has 0 fully saturated rings. The molecule has 0 aliphatic rings. The maximum Gasteiger partial charge on any atom is 0.175 e. The molecule has 0 unspecified atom stereocenters. The number of furan rings is 1. The van der Waals surface area contributed by atoms with Crippen LogP contribution >= 0.6 is 23.2 Å². The molecule has 0 N–H and O–H groups in total. The summed E-state index contributed by atoms with van der Waals surface area (Å²) in [4.78, 5) is 0.230. The molecule has 3 aromatic rings. The second-order valence-corrected chi connectivity index (χ2v) is 7.15. The predicted molar refractivity (Wildman–Crippen MR) is 76.8 cm³/mol. The van der Waals surface area contributed by atoms with Gasteiger partial charge in [-0.15, -0.1) is 0 Å². The van der Waals surface area contributed by atoms with Crippen LogP contribution in [0.15, 0.2) is 39.6 Å². The van der Waals surface area contributed by atoms with Crippen molar-refractivity contribution in [3.63, 3.8) is 0 Å². The van der Waals surface area contributed by atoms with Gasteiger partial charge in [-0.05, 0) is 24.3 Å². The molecule has 0 aliphatic carbocycles. The zero-order chi connectivity index (χ0) is 13.8. The third kappa shape index (κ3) is 2.10. The Hall–Kier alpha value is -1.23. The van der Waals surface area contributed by atoms with Crippen LogP contribution in [0.3, 0.4) is 0 Å². The summed E-state index contributed by atoms with van der Waals surface area (Å²) < 4.78 is 28.8. The summed E-state index contributed by atoms with van der Waals surface area (Å²) in [6.45, 7) is 0. The number of halogens is 2. The van der Waals surface area contributed by atoms with Gasteiger partial charge in [-0.1, -0.05) is 23.2 Å². The number of sulfone groups is 1. The molecule has 0 spiro atoms. The van der Waals surface area contributed by atoms with Crippen molar-refractivity contribution < 1.29 is 12.8 Å². The highest BCUT2D eigenvalue weighted by molar-refractivity contribution is 7.90. The lowest BCUT2D eigenvalue weighted by Gasteiger charge is -1.98. The molecule has 2 aromatic carbocycles. The molecule has 0 bridgehead atoms. The third-order valence-electron chi connectivity index (χ3n) is 2.89. The topological polar surface area (TPSA) is 47.3 Å². The van der Waals surface area contributed by atoms with Crippen LogP contribution in [-0.4, -0.2) is 14.7 Å². The smallest absolute Gasteiger partial charge is 0.175 e. The minimum Gasteiger partial charge on any atom is -0.456 e. The Balaban J connectivity index is 2.48. The fourth-order valence-corrected chi connectivity index (χ4v) is 3.26. The van der Waals surface area contributed by atoms with Crippen molar-refractivity contribution >= 4 is 55.0 Å². The summed E-state index contributed by atoms with van der Waals surface area (Å²) in [5, 5.41) is 2.25. The summed E-state index contributed by atoms with van der Waals surface area (Å²) in [6.07, 6.45) is 1.16. The fraction of sp³-hybridized carbons (Fsp3) is 0.0769. The minimum absolute atomic E-state index is 0.230. The maximum atomic E-state index is 11.6. The molecule has 1 heterocycles. The van der Waals surface area contributed by atoms with Gasteiger partial charge in [0.2, 0.25) is 0 Å². The zero-order valence-electron chi connectivity index (χ0n) is 9.78. The van der Waals surface area contributed by atoms with Crippen molar-refractivity contribution in [2.75, 3.05) is 6.26 Å². The van der Waals surface area contributed by atoms with Gasteiger partial charge in [0.25, 0.3) is 0 Å². The second kappa shape index (κ2) is 4.13. The molecule has 98 valence electrons. The van der Waals surface area contributed by atoms with Gasteiger partial charge in [-0.25, -0.2) is 8.42 Å². The average Bonchev–Trinajstić information content (AvgIpc) is 2.64. The number of hydrogen-bond acceptors (Lipinski definition) is 3. The number of benzene rings is 2. The molecule has 3 nitrogen and oxygen atoms in total. The van der Waals surface area contributed by atoms with Gasteiger partial charge in [-0.3, -0.25) is 0 Å². The van der Waals surface area contributed by atoms with Gasteiger partial charge >= 0.3 is 0 Å². The lowest BCUT2D eigenvalue weighted by atomic mass is 10.1. The summed E-state index contributed by atoms with van der Waals surface area (Å²) in [5.74, 6) is 0. The first-order chi connectivity index (χ1) is 8.86. The van der Waals surface area contributed by atoms with Crippen molar-refractivity contribution in [1.82, 2.24) is 0 Å². The summed E-state index contributed by atoms with van der Waals surface area (Å²) >= 11 is 12.1. The Morgan fingerprint density at radius 3 is 2.47 bits per heavy atom. The normalized spacial score (nSPS) is 12.4. The van der Waals surface area contributed by atoms with E-state index in [0.717, 1.165) is 6.26 Å². The highest BCUT2D eigenvalue weighted by atomic mass is 35.5. The SMILES string of the molecule is CS(=O)(=O)c1ccc2oc3cc(Cl)cc(Cl)c3c2c1. The van der Waals surface area contributed by atoms with Gasteiger partial charge in [0.05, 0.1) is 9.92 Å². The minimum atomic E-state index is -3.27. The van der Waals surface area contributed by atoms with Crippen LogP contribution in [0, 0.1) is 0 Å². The Bertz CT molecular complexity index is 910. The van der Waals surface area contributed by atoms with Gasteiger partial charge in [0, 0.05) is 28.1 Å². The third-order valence-corrected chi connectivity index (χ3v) is 4.51. The molecule has 0 aliphatic heterocycles. The first-order valence-corrected chi connectivity index (χ1v) is 8.02. The standard InChI is InChI=1S/C13H8Cl2O3S/c1-19(16,17)8-2-3-11-9(6-8)13-10(15)4-7(14)5-12(13)18-11/h2-6H,1H3. The first-order valence-electron chi connectivity index (χ1n) is 5.37. The fourth-order valence-electron chi connectivity index (χ4n) is 2.03. The van der Waals surface area contributed by atoms with Crippen molar-refractivity contribution in [3.8, 4) is 0 Å². The van der Waals surface area contributed by atoms with Crippen LogP contribution in [0.25, 0.3) is 21.9 Å². The highest BCUT2D eigenvalue weighted by Crippen LogP contribution is 2.37. The van der Waals surface area contributed by atoms with E-state index in [1.165, 1.54) is 6.07 Å². The van der Waals surface area contributed by atoms with Crippen molar-refractivity contribution in [2.24, 2.45) is 0 Å². The Kier molecular flexibility index (Phi) is 2.78. The molecule has 0 saturated heterocycles. The molecule has 6 heteroatoms. The molecular weight excluding hydrogens is 307 g/mol. The molecule has 1 aromatic heterocycles. The zero-order valence-corrected chi connectivity index (χ0v) is 12.1. The number of rotatable bonds is 1. The quantitative estimate of drug-likeness (QED) is 0.673. The van der Waals surface area contributed by atoms with E-state index in [2.05, 4.69) is 0 Å². The van der Waals surface area contributed by atoms with E-state index in [1.54, 1.807) is 24.3 Å². The van der Waals surface area contributed by atoms with Gasteiger partial charge < -0.3 is 4.42 Å². The summed E-state index contributed by atoms with van der Waals surface area (Å²) in [6, 6.07) is 7.96. The van der Waals surface area contributed by atoms with Crippen LogP contribution in [0.2, 0.25) is 10.0 Å². The monoisotopic (exact) mass is 314 g/mol. The summed E-state index contributed by atoms with van der Waals surface area (Å²) in [5.41, 5.74) is 1.12. The van der Waals surface area contributed by atoms with Crippen molar-refractivity contribution in [1.29, 1.82) is 0 Å². The first kappa shape index (κ1) is 12.8. The van der Waals surface area contributed by atoms with Crippen LogP contribution in [0.5, 0.6) is 0 Å². The number of hydrogen-bond donors (Lipinski definition) is 0. The lowest BCUT2D eigenvalue weighted by Crippen LogP contribution is -1.95. The van der Waals surface area contributed by atoms with Gasteiger partial charge in [-0.2, -0.15) is 0 Å². The van der Waals surface area contributed by atoms with Crippen molar-refractivity contribution in [2.45, 2.75) is 4.90 Å². The molecule has 0 saturated carbocycles. The Morgan fingerprint density at radius 1 is 1.05 bits per heavy atom. The van der Waals surface area contributed by atoms with Crippen LogP contribution in [-0.2, 0) is 9.84 Å². The molecule has 3 rings (SSSR count). The number of fused-ring (bicyclic) bond motifs is 3. The van der Waals surface area contributed by atoms with E-state index in [0.29, 0.717) is 32.0 Å². The Labute approximate surface area is 119 Å². The van der Waals surface area contributed by atoms with E-state index < -0.39 is 9.84 Å². The largest absolute Gasteiger partial charge is 0.456 e. The maximum absolute atomic E-state index is 11.6. The van der Waals surface area contributed by atoms with E-state index >= 15 is 0 Å². The van der Waals surface area contributed by atoms with Gasteiger partial charge in [0.15, 0.2) is 9.84 Å². The molecule has 0 radical (unpaired) electrons. The highest BCUT2D eigenvalue weighted by Gasteiger charge is 2.15. The van der Waals surface area contributed by atoms with Crippen molar-refractivity contribution in [3.05, 3.63) is 40.4 Å². The predicted octanol–water partition coefficient (Wildman–Crippen LogP) is 4.30.